The number of aryl methyl sites for hydroxylation is 3. The fourth-order valence-electron chi connectivity index (χ4n) is 3.81. The Bertz CT molecular complexity index is 1020. The van der Waals surface area contributed by atoms with Crippen LogP contribution in [0.5, 0.6) is 6.01 Å². The van der Waals surface area contributed by atoms with Gasteiger partial charge in [-0.3, -0.25) is 4.68 Å². The highest BCUT2D eigenvalue weighted by atomic mass is 35.5. The SMILES string of the molecule is CCn1ccc(CCc2nc3nc(O[C@@H]4CO[C@H]5[C@@H]4OC[C@H]5O)[nH]c3cc2Cl)n1. The minimum atomic E-state index is -0.615. The van der Waals surface area contributed by atoms with E-state index < -0.39 is 6.10 Å². The lowest BCUT2D eigenvalue weighted by Crippen LogP contribution is -2.34. The molecule has 3 aromatic rings. The van der Waals surface area contributed by atoms with E-state index >= 15 is 0 Å². The number of H-pyrrole nitrogens is 1. The zero-order valence-corrected chi connectivity index (χ0v) is 16.7. The van der Waals surface area contributed by atoms with Crippen molar-refractivity contribution in [3.05, 3.63) is 34.7 Å². The number of ether oxygens (including phenoxy) is 3. The normalized spacial score (nSPS) is 26.3. The molecule has 2 aliphatic heterocycles. The third kappa shape index (κ3) is 3.59. The van der Waals surface area contributed by atoms with Gasteiger partial charge in [0.05, 0.1) is 35.1 Å². The highest BCUT2D eigenvalue weighted by molar-refractivity contribution is 6.31. The van der Waals surface area contributed by atoms with Crippen LogP contribution in [0.4, 0.5) is 0 Å². The van der Waals surface area contributed by atoms with Gasteiger partial charge < -0.3 is 24.3 Å². The van der Waals surface area contributed by atoms with Crippen LogP contribution in [0.1, 0.15) is 18.3 Å². The predicted molar refractivity (Wildman–Crippen MR) is 104 cm³/mol. The number of aromatic amines is 1. The summed E-state index contributed by atoms with van der Waals surface area (Å²) in [5, 5.41) is 14.9. The Morgan fingerprint density at radius 2 is 2.14 bits per heavy atom. The largest absolute Gasteiger partial charge is 0.456 e. The molecule has 0 amide bonds. The zero-order valence-electron chi connectivity index (χ0n) is 15.9. The maximum absolute atomic E-state index is 9.85. The van der Waals surface area contributed by atoms with Crippen molar-refractivity contribution >= 4 is 22.8 Å². The second kappa shape index (κ2) is 7.56. The van der Waals surface area contributed by atoms with E-state index in [-0.39, 0.29) is 24.9 Å². The van der Waals surface area contributed by atoms with Gasteiger partial charge in [0.25, 0.3) is 6.01 Å². The molecule has 2 saturated heterocycles. The molecule has 0 spiro atoms. The van der Waals surface area contributed by atoms with Crippen molar-refractivity contribution in [3.8, 4) is 6.01 Å². The van der Waals surface area contributed by atoms with Crippen molar-refractivity contribution in [1.82, 2.24) is 24.7 Å². The molecule has 9 nitrogen and oxygen atoms in total. The van der Waals surface area contributed by atoms with Gasteiger partial charge >= 0.3 is 0 Å². The fraction of sp³-hybridized carbons (Fsp3) is 0.526. The Morgan fingerprint density at radius 3 is 2.97 bits per heavy atom. The average molecular weight is 420 g/mol. The monoisotopic (exact) mass is 419 g/mol. The summed E-state index contributed by atoms with van der Waals surface area (Å²) in [4.78, 5) is 12.1. The third-order valence-electron chi connectivity index (χ3n) is 5.36. The van der Waals surface area contributed by atoms with Crippen molar-refractivity contribution in [2.24, 2.45) is 0 Å². The molecule has 10 heteroatoms. The van der Waals surface area contributed by atoms with E-state index in [0.29, 0.717) is 35.2 Å². The number of nitrogens with zero attached hydrogens (tertiary/aromatic N) is 4. The number of hydrogen-bond acceptors (Lipinski definition) is 7. The molecular formula is C19H22ClN5O4. The van der Waals surface area contributed by atoms with Crippen molar-refractivity contribution in [1.29, 1.82) is 0 Å². The van der Waals surface area contributed by atoms with E-state index in [1.807, 2.05) is 23.0 Å². The number of pyridine rings is 1. The van der Waals surface area contributed by atoms with E-state index in [0.717, 1.165) is 24.4 Å². The van der Waals surface area contributed by atoms with Crippen LogP contribution in [-0.2, 0) is 28.9 Å². The van der Waals surface area contributed by atoms with E-state index in [4.69, 9.17) is 25.8 Å². The minimum Gasteiger partial charge on any atom is -0.456 e. The maximum atomic E-state index is 9.85. The number of aromatic nitrogens is 5. The molecule has 0 aromatic carbocycles. The van der Waals surface area contributed by atoms with E-state index in [1.165, 1.54) is 0 Å². The third-order valence-corrected chi connectivity index (χ3v) is 5.69. The first-order valence-corrected chi connectivity index (χ1v) is 10.1. The average Bonchev–Trinajstić information content (AvgIpc) is 3.47. The Labute approximate surface area is 172 Å². The van der Waals surface area contributed by atoms with Gasteiger partial charge in [-0.2, -0.15) is 10.1 Å². The van der Waals surface area contributed by atoms with Crippen LogP contribution in [0.15, 0.2) is 18.3 Å². The molecule has 0 unspecified atom stereocenters. The molecule has 5 heterocycles. The summed E-state index contributed by atoms with van der Waals surface area (Å²) < 4.78 is 19.0. The summed E-state index contributed by atoms with van der Waals surface area (Å²) in [7, 11) is 0. The predicted octanol–water partition coefficient (Wildman–Crippen LogP) is 1.52. The summed E-state index contributed by atoms with van der Waals surface area (Å²) in [5.74, 6) is 0. The van der Waals surface area contributed by atoms with Crippen LogP contribution in [0.3, 0.4) is 0 Å². The lowest BCUT2D eigenvalue weighted by Gasteiger charge is -2.15. The maximum Gasteiger partial charge on any atom is 0.296 e. The molecule has 2 fully saturated rings. The number of nitrogens with one attached hydrogen (secondary N) is 1. The number of hydrogen-bond donors (Lipinski definition) is 2. The Balaban J connectivity index is 1.30. The molecule has 0 saturated carbocycles. The van der Waals surface area contributed by atoms with Crippen LogP contribution >= 0.6 is 11.6 Å². The number of aliphatic hydroxyl groups is 1. The van der Waals surface area contributed by atoms with Gasteiger partial charge in [-0.05, 0) is 31.9 Å². The molecule has 0 aliphatic carbocycles. The summed E-state index contributed by atoms with van der Waals surface area (Å²) >= 11 is 6.43. The standard InChI is InChI=1S/C19H22ClN5O4/c1-2-25-6-5-10(24-25)3-4-12-11(20)7-13-18(21-12)23-19(22-13)29-15-9-28-16-14(26)8-27-17(15)16/h5-7,14-17,26H,2-4,8-9H2,1H3,(H,21,22,23)/t14-,15-,16-,17-/m1/s1. The highest BCUT2D eigenvalue weighted by Crippen LogP contribution is 2.30. The molecule has 154 valence electrons. The molecule has 0 radical (unpaired) electrons. The number of rotatable bonds is 6. The molecule has 4 atom stereocenters. The van der Waals surface area contributed by atoms with Gasteiger partial charge in [-0.15, -0.1) is 0 Å². The molecule has 3 aromatic heterocycles. The Morgan fingerprint density at radius 1 is 1.28 bits per heavy atom. The quantitative estimate of drug-likeness (QED) is 0.623. The van der Waals surface area contributed by atoms with Crippen molar-refractivity contribution in [2.75, 3.05) is 13.2 Å². The van der Waals surface area contributed by atoms with E-state index in [9.17, 15) is 5.11 Å². The van der Waals surface area contributed by atoms with Gasteiger partial charge in [-0.1, -0.05) is 11.6 Å². The Hall–Kier alpha value is -2.20. The van der Waals surface area contributed by atoms with Gasteiger partial charge in [0.1, 0.15) is 18.3 Å². The van der Waals surface area contributed by atoms with Crippen LogP contribution in [0.2, 0.25) is 5.02 Å². The van der Waals surface area contributed by atoms with Gasteiger partial charge in [0, 0.05) is 12.7 Å². The van der Waals surface area contributed by atoms with Crippen LogP contribution < -0.4 is 4.74 Å². The second-order valence-corrected chi connectivity index (χ2v) is 7.72. The Kier molecular flexibility index (Phi) is 4.91. The van der Waals surface area contributed by atoms with Gasteiger partial charge in [0.2, 0.25) is 0 Å². The van der Waals surface area contributed by atoms with E-state index in [2.05, 4.69) is 27.0 Å². The first-order valence-electron chi connectivity index (χ1n) is 9.76. The van der Waals surface area contributed by atoms with Crippen molar-refractivity contribution in [2.45, 2.75) is 50.7 Å². The zero-order chi connectivity index (χ0) is 20.0. The van der Waals surface area contributed by atoms with E-state index in [1.54, 1.807) is 0 Å². The van der Waals surface area contributed by atoms with Crippen molar-refractivity contribution in [3.63, 3.8) is 0 Å². The molecular weight excluding hydrogens is 398 g/mol. The highest BCUT2D eigenvalue weighted by Gasteiger charge is 2.48. The number of aliphatic hydroxyl groups excluding tert-OH is 1. The lowest BCUT2D eigenvalue weighted by atomic mass is 10.1. The van der Waals surface area contributed by atoms with Gasteiger partial charge in [0.15, 0.2) is 11.8 Å². The van der Waals surface area contributed by atoms with Crippen molar-refractivity contribution < 1.29 is 19.3 Å². The van der Waals surface area contributed by atoms with Crippen LogP contribution in [0, 0.1) is 0 Å². The minimum absolute atomic E-state index is 0.256. The summed E-state index contributed by atoms with van der Waals surface area (Å²) in [6, 6.07) is 4.16. The summed E-state index contributed by atoms with van der Waals surface area (Å²) in [5.41, 5.74) is 3.02. The smallest absolute Gasteiger partial charge is 0.296 e. The molecule has 0 bridgehead atoms. The summed E-state index contributed by atoms with van der Waals surface area (Å²) in [6.45, 7) is 3.50. The first-order chi connectivity index (χ1) is 14.1. The molecule has 2 aliphatic rings. The second-order valence-electron chi connectivity index (χ2n) is 7.31. The number of halogens is 1. The van der Waals surface area contributed by atoms with Gasteiger partial charge in [-0.25, -0.2) is 4.98 Å². The lowest BCUT2D eigenvalue weighted by molar-refractivity contribution is 0.00706. The molecule has 29 heavy (non-hydrogen) atoms. The first kappa shape index (κ1) is 18.8. The number of fused-ring (bicyclic) bond motifs is 2. The molecule has 5 rings (SSSR count). The molecule has 2 N–H and O–H groups in total. The number of imidazole rings is 1. The summed E-state index contributed by atoms with van der Waals surface area (Å²) in [6.07, 6.45) is 1.80. The topological polar surface area (TPSA) is 107 Å². The van der Waals surface area contributed by atoms with Crippen LogP contribution in [-0.4, -0.2) is 67.5 Å². The fourth-order valence-corrected chi connectivity index (χ4v) is 4.06. The van der Waals surface area contributed by atoms with Crippen LogP contribution in [0.25, 0.3) is 11.2 Å².